The summed E-state index contributed by atoms with van der Waals surface area (Å²) in [5.74, 6) is 1.23. The molecule has 0 saturated heterocycles. The van der Waals surface area contributed by atoms with E-state index in [1.165, 1.54) is 6.42 Å². The third-order valence-corrected chi connectivity index (χ3v) is 2.77. The first kappa shape index (κ1) is 16.3. The molecule has 0 unspecified atom stereocenters. The van der Waals surface area contributed by atoms with Gasteiger partial charge in [-0.1, -0.05) is 34.1 Å². The second-order valence-electron chi connectivity index (χ2n) is 5.96. The van der Waals surface area contributed by atoms with Gasteiger partial charge in [-0.25, -0.2) is 0 Å². The molecule has 0 aliphatic rings. The Bertz CT molecular complexity index is 205. The van der Waals surface area contributed by atoms with E-state index in [0.717, 1.165) is 49.9 Å². The van der Waals surface area contributed by atoms with Gasteiger partial charge in [-0.05, 0) is 50.4 Å². The summed E-state index contributed by atoms with van der Waals surface area (Å²) in [4.78, 5) is 0. The van der Waals surface area contributed by atoms with Crippen LogP contribution in [0.15, 0.2) is 0 Å². The zero-order chi connectivity index (χ0) is 13.3. The van der Waals surface area contributed by atoms with E-state index < -0.39 is 0 Å². The van der Waals surface area contributed by atoms with Crippen molar-refractivity contribution in [2.45, 2.75) is 72.6 Å². The van der Waals surface area contributed by atoms with Gasteiger partial charge in [0.1, 0.15) is 0 Å². The first-order chi connectivity index (χ1) is 7.91. The molecule has 100 valence electrons. The first-order valence-electron chi connectivity index (χ1n) is 7.04. The molecule has 0 atom stereocenters. The highest BCUT2D eigenvalue weighted by Crippen LogP contribution is 2.11. The van der Waals surface area contributed by atoms with Crippen LogP contribution in [0.2, 0.25) is 0 Å². The minimum absolute atomic E-state index is 0.613. The molecule has 0 aliphatic carbocycles. The SMILES string of the molecule is CC(C)CC(=N)CCCCCC(=N)CC(C)C. The number of nitrogens with one attached hydrogen (secondary N) is 2. The minimum Gasteiger partial charge on any atom is -0.310 e. The molecule has 2 nitrogen and oxygen atoms in total. The molecule has 0 spiro atoms. The van der Waals surface area contributed by atoms with Crippen LogP contribution in [-0.2, 0) is 0 Å². The Labute approximate surface area is 107 Å². The van der Waals surface area contributed by atoms with Crippen molar-refractivity contribution < 1.29 is 0 Å². The van der Waals surface area contributed by atoms with Crippen molar-refractivity contribution in [2.75, 3.05) is 0 Å². The predicted octanol–water partition coefficient (Wildman–Crippen LogP) is 5.07. The topological polar surface area (TPSA) is 47.7 Å². The standard InChI is InChI=1S/C15H30N2/c1-12(2)10-14(16)8-6-5-7-9-15(17)11-13(3)4/h12-13,16-17H,5-11H2,1-4H3. The lowest BCUT2D eigenvalue weighted by atomic mass is 9.99. The molecule has 0 aromatic heterocycles. The number of unbranched alkanes of at least 4 members (excludes halogenated alkanes) is 2. The zero-order valence-corrected chi connectivity index (χ0v) is 12.1. The van der Waals surface area contributed by atoms with Crippen molar-refractivity contribution in [3.8, 4) is 0 Å². The molecule has 0 heterocycles. The van der Waals surface area contributed by atoms with Crippen LogP contribution in [0, 0.1) is 22.7 Å². The van der Waals surface area contributed by atoms with Crippen LogP contribution in [0.3, 0.4) is 0 Å². The highest BCUT2D eigenvalue weighted by molar-refractivity contribution is 5.82. The maximum absolute atomic E-state index is 7.79. The van der Waals surface area contributed by atoms with Gasteiger partial charge in [0.05, 0.1) is 0 Å². The van der Waals surface area contributed by atoms with E-state index in [2.05, 4.69) is 27.7 Å². The number of hydrogen-bond acceptors (Lipinski definition) is 2. The summed E-state index contributed by atoms with van der Waals surface area (Å²) in [5, 5.41) is 15.6. The Hall–Kier alpha value is -0.660. The van der Waals surface area contributed by atoms with Crippen LogP contribution in [0.25, 0.3) is 0 Å². The number of hydrogen-bond donors (Lipinski definition) is 2. The van der Waals surface area contributed by atoms with Crippen LogP contribution in [0.1, 0.15) is 72.6 Å². The second kappa shape index (κ2) is 9.38. The van der Waals surface area contributed by atoms with Crippen LogP contribution in [0.5, 0.6) is 0 Å². The van der Waals surface area contributed by atoms with E-state index in [1.807, 2.05) is 0 Å². The molecule has 0 aliphatic heterocycles. The summed E-state index contributed by atoms with van der Waals surface area (Å²) < 4.78 is 0. The Balaban J connectivity index is 3.40. The molecule has 0 aromatic carbocycles. The Morgan fingerprint density at radius 2 is 1.06 bits per heavy atom. The average molecular weight is 238 g/mol. The molecule has 0 fully saturated rings. The Kier molecular flexibility index (Phi) is 9.01. The van der Waals surface area contributed by atoms with Crippen molar-refractivity contribution in [1.82, 2.24) is 0 Å². The molecule has 2 N–H and O–H groups in total. The third-order valence-electron chi connectivity index (χ3n) is 2.77. The summed E-state index contributed by atoms with van der Waals surface area (Å²) >= 11 is 0. The second-order valence-corrected chi connectivity index (χ2v) is 5.96. The molecular weight excluding hydrogens is 208 g/mol. The lowest BCUT2D eigenvalue weighted by Crippen LogP contribution is -2.03. The predicted molar refractivity (Wildman–Crippen MR) is 77.4 cm³/mol. The molecule has 17 heavy (non-hydrogen) atoms. The first-order valence-corrected chi connectivity index (χ1v) is 7.04. The van der Waals surface area contributed by atoms with E-state index >= 15 is 0 Å². The van der Waals surface area contributed by atoms with Gasteiger partial charge in [0.15, 0.2) is 0 Å². The quantitative estimate of drug-likeness (QED) is 0.394. The van der Waals surface area contributed by atoms with E-state index in [4.69, 9.17) is 10.8 Å². The summed E-state index contributed by atoms with van der Waals surface area (Å²) in [6.45, 7) is 8.67. The largest absolute Gasteiger partial charge is 0.310 e. The lowest BCUT2D eigenvalue weighted by Gasteiger charge is -2.08. The Morgan fingerprint density at radius 1 is 0.706 bits per heavy atom. The van der Waals surface area contributed by atoms with E-state index in [0.29, 0.717) is 11.8 Å². The molecule has 0 bridgehead atoms. The smallest absolute Gasteiger partial charge is 0.00917 e. The van der Waals surface area contributed by atoms with Gasteiger partial charge in [-0.3, -0.25) is 0 Å². The van der Waals surface area contributed by atoms with E-state index in [1.54, 1.807) is 0 Å². The zero-order valence-electron chi connectivity index (χ0n) is 12.1. The molecule has 0 saturated carbocycles. The fourth-order valence-electron chi connectivity index (χ4n) is 2.04. The van der Waals surface area contributed by atoms with Crippen molar-refractivity contribution in [3.63, 3.8) is 0 Å². The van der Waals surface area contributed by atoms with Crippen LogP contribution >= 0.6 is 0 Å². The van der Waals surface area contributed by atoms with Crippen molar-refractivity contribution in [1.29, 1.82) is 10.8 Å². The minimum atomic E-state index is 0.613. The average Bonchev–Trinajstić information content (AvgIpc) is 2.14. The molecule has 0 aromatic rings. The maximum atomic E-state index is 7.79. The molecule has 2 heteroatoms. The highest BCUT2D eigenvalue weighted by Gasteiger charge is 2.03. The van der Waals surface area contributed by atoms with Crippen LogP contribution < -0.4 is 0 Å². The monoisotopic (exact) mass is 238 g/mol. The lowest BCUT2D eigenvalue weighted by molar-refractivity contribution is 0.646. The van der Waals surface area contributed by atoms with Gasteiger partial charge in [-0.15, -0.1) is 0 Å². The summed E-state index contributed by atoms with van der Waals surface area (Å²) in [5.41, 5.74) is 1.80. The fourth-order valence-corrected chi connectivity index (χ4v) is 2.04. The van der Waals surface area contributed by atoms with E-state index in [9.17, 15) is 0 Å². The van der Waals surface area contributed by atoms with Gasteiger partial charge in [0.25, 0.3) is 0 Å². The van der Waals surface area contributed by atoms with Gasteiger partial charge in [-0.2, -0.15) is 0 Å². The Morgan fingerprint density at radius 3 is 1.35 bits per heavy atom. The maximum Gasteiger partial charge on any atom is 0.00917 e. The van der Waals surface area contributed by atoms with Crippen LogP contribution in [0.4, 0.5) is 0 Å². The molecular formula is C15H30N2. The van der Waals surface area contributed by atoms with Crippen molar-refractivity contribution in [2.24, 2.45) is 11.8 Å². The van der Waals surface area contributed by atoms with Gasteiger partial charge in [0, 0.05) is 11.4 Å². The van der Waals surface area contributed by atoms with E-state index in [-0.39, 0.29) is 0 Å². The summed E-state index contributed by atoms with van der Waals surface area (Å²) in [7, 11) is 0. The van der Waals surface area contributed by atoms with Gasteiger partial charge in [0.2, 0.25) is 0 Å². The molecule has 0 amide bonds. The van der Waals surface area contributed by atoms with Crippen LogP contribution in [-0.4, -0.2) is 11.4 Å². The van der Waals surface area contributed by atoms with Gasteiger partial charge >= 0.3 is 0 Å². The molecule has 0 radical (unpaired) electrons. The van der Waals surface area contributed by atoms with Crippen molar-refractivity contribution >= 4 is 11.4 Å². The summed E-state index contributed by atoms with van der Waals surface area (Å²) in [6, 6.07) is 0. The molecule has 0 rings (SSSR count). The summed E-state index contributed by atoms with van der Waals surface area (Å²) in [6.07, 6.45) is 7.22. The third kappa shape index (κ3) is 11.6. The van der Waals surface area contributed by atoms with Gasteiger partial charge < -0.3 is 10.8 Å². The highest BCUT2D eigenvalue weighted by atomic mass is 14.4. The number of rotatable bonds is 10. The van der Waals surface area contributed by atoms with Crippen molar-refractivity contribution in [3.05, 3.63) is 0 Å². The normalized spacial score (nSPS) is 11.2. The fraction of sp³-hybridized carbons (Fsp3) is 0.867.